The number of methoxy groups -OCH3 is 1. The number of nitrogens with zero attached hydrogens (tertiary/aromatic N) is 3. The molecule has 0 saturated carbocycles. The average Bonchev–Trinajstić information content (AvgIpc) is 3.24. The summed E-state index contributed by atoms with van der Waals surface area (Å²) in [5.74, 6) is 0. The SMILES string of the molecule is COCCC1(CO)CCCN(Cc2cnc(N3CCCC3)s2)C1. The molecule has 23 heavy (non-hydrogen) atoms. The first kappa shape index (κ1) is 17.1. The third-order valence-corrected chi connectivity index (χ3v) is 6.25. The van der Waals surface area contributed by atoms with E-state index in [0.717, 1.165) is 58.6 Å². The molecule has 0 spiro atoms. The fraction of sp³-hybridized carbons (Fsp3) is 0.824. The first-order chi connectivity index (χ1) is 11.2. The number of hydrogen-bond acceptors (Lipinski definition) is 6. The maximum atomic E-state index is 9.90. The lowest BCUT2D eigenvalue weighted by molar-refractivity contribution is 0.00506. The first-order valence-corrected chi connectivity index (χ1v) is 9.58. The average molecular weight is 340 g/mol. The van der Waals surface area contributed by atoms with Gasteiger partial charge in [0.15, 0.2) is 5.13 Å². The van der Waals surface area contributed by atoms with E-state index in [-0.39, 0.29) is 12.0 Å². The molecule has 6 heteroatoms. The van der Waals surface area contributed by atoms with Crippen LogP contribution in [0.3, 0.4) is 0 Å². The molecule has 0 amide bonds. The maximum absolute atomic E-state index is 9.90. The highest BCUT2D eigenvalue weighted by atomic mass is 32.1. The zero-order valence-electron chi connectivity index (χ0n) is 14.2. The molecule has 2 aliphatic heterocycles. The Hall–Kier alpha value is -0.690. The molecule has 0 aliphatic carbocycles. The number of thiazole rings is 1. The second-order valence-electron chi connectivity index (χ2n) is 7.02. The first-order valence-electron chi connectivity index (χ1n) is 8.76. The van der Waals surface area contributed by atoms with Gasteiger partial charge in [0.1, 0.15) is 0 Å². The van der Waals surface area contributed by atoms with Crippen LogP contribution in [-0.2, 0) is 11.3 Å². The van der Waals surface area contributed by atoms with E-state index in [0.29, 0.717) is 0 Å². The minimum Gasteiger partial charge on any atom is -0.396 e. The largest absolute Gasteiger partial charge is 0.396 e. The summed E-state index contributed by atoms with van der Waals surface area (Å²) in [6.07, 6.45) is 7.83. The summed E-state index contributed by atoms with van der Waals surface area (Å²) < 4.78 is 5.24. The Morgan fingerprint density at radius 3 is 2.87 bits per heavy atom. The van der Waals surface area contributed by atoms with Crippen LogP contribution in [-0.4, -0.2) is 61.5 Å². The van der Waals surface area contributed by atoms with Crippen LogP contribution in [0.5, 0.6) is 0 Å². The molecule has 130 valence electrons. The Morgan fingerprint density at radius 2 is 2.13 bits per heavy atom. The van der Waals surface area contributed by atoms with Crippen LogP contribution < -0.4 is 4.90 Å². The number of likely N-dealkylation sites (tertiary alicyclic amines) is 1. The van der Waals surface area contributed by atoms with Gasteiger partial charge in [-0.3, -0.25) is 4.90 Å². The number of aliphatic hydroxyl groups excluding tert-OH is 1. The minimum absolute atomic E-state index is 0.0106. The summed E-state index contributed by atoms with van der Waals surface area (Å²) in [6, 6.07) is 0. The molecule has 2 fully saturated rings. The lowest BCUT2D eigenvalue weighted by atomic mass is 9.78. The van der Waals surface area contributed by atoms with Crippen molar-refractivity contribution < 1.29 is 9.84 Å². The highest BCUT2D eigenvalue weighted by molar-refractivity contribution is 7.15. The molecule has 0 bridgehead atoms. The van der Waals surface area contributed by atoms with Crippen LogP contribution in [0.25, 0.3) is 0 Å². The lowest BCUT2D eigenvalue weighted by Crippen LogP contribution is -2.45. The third kappa shape index (κ3) is 4.24. The van der Waals surface area contributed by atoms with Gasteiger partial charge in [0.25, 0.3) is 0 Å². The maximum Gasteiger partial charge on any atom is 0.185 e. The highest BCUT2D eigenvalue weighted by Gasteiger charge is 2.34. The standard InChI is InChI=1S/C17H29N3O2S/c1-22-10-6-17(14-21)5-4-7-19(13-17)12-15-11-18-16(23-15)20-8-2-3-9-20/h11,21H,2-10,12-14H2,1H3. The van der Waals surface area contributed by atoms with Gasteiger partial charge < -0.3 is 14.7 Å². The summed E-state index contributed by atoms with van der Waals surface area (Å²) in [6.45, 7) is 6.33. The third-order valence-electron chi connectivity index (χ3n) is 5.21. The predicted octanol–water partition coefficient (Wildman–Crippen LogP) is 2.35. The van der Waals surface area contributed by atoms with Gasteiger partial charge in [-0.25, -0.2) is 4.98 Å². The summed E-state index contributed by atoms with van der Waals surface area (Å²) in [7, 11) is 1.74. The molecule has 3 rings (SSSR count). The smallest absolute Gasteiger partial charge is 0.185 e. The molecular weight excluding hydrogens is 310 g/mol. The van der Waals surface area contributed by atoms with Crippen molar-refractivity contribution in [1.82, 2.24) is 9.88 Å². The quantitative estimate of drug-likeness (QED) is 0.826. The Labute approximate surface area is 143 Å². The minimum atomic E-state index is 0.0106. The van der Waals surface area contributed by atoms with Gasteiger partial charge in [-0.05, 0) is 38.6 Å². The van der Waals surface area contributed by atoms with Gasteiger partial charge in [0.05, 0.1) is 6.61 Å². The van der Waals surface area contributed by atoms with Crippen molar-refractivity contribution in [2.75, 3.05) is 51.4 Å². The number of piperidine rings is 1. The predicted molar refractivity (Wildman–Crippen MR) is 94.1 cm³/mol. The summed E-state index contributed by atoms with van der Waals surface area (Å²) in [4.78, 5) is 10.8. The van der Waals surface area contributed by atoms with E-state index in [1.165, 1.54) is 22.9 Å². The van der Waals surface area contributed by atoms with E-state index >= 15 is 0 Å². The van der Waals surface area contributed by atoms with Gasteiger partial charge in [-0.15, -0.1) is 11.3 Å². The monoisotopic (exact) mass is 339 g/mol. The topological polar surface area (TPSA) is 48.8 Å². The van der Waals surface area contributed by atoms with E-state index in [4.69, 9.17) is 4.74 Å². The van der Waals surface area contributed by atoms with Crippen molar-refractivity contribution in [3.63, 3.8) is 0 Å². The van der Waals surface area contributed by atoms with Gasteiger partial charge in [-0.1, -0.05) is 0 Å². The number of hydrogen-bond donors (Lipinski definition) is 1. The number of aliphatic hydroxyl groups is 1. The second-order valence-corrected chi connectivity index (χ2v) is 8.11. The molecule has 3 heterocycles. The van der Waals surface area contributed by atoms with Crippen LogP contribution in [0, 0.1) is 5.41 Å². The Balaban J connectivity index is 1.58. The van der Waals surface area contributed by atoms with Crippen molar-refractivity contribution in [3.8, 4) is 0 Å². The van der Waals surface area contributed by atoms with E-state index in [2.05, 4.69) is 14.8 Å². The lowest BCUT2D eigenvalue weighted by Gasteiger charge is -2.41. The molecule has 0 radical (unpaired) electrons. The molecule has 1 aromatic rings. The molecule has 1 unspecified atom stereocenters. The molecule has 0 aromatic carbocycles. The van der Waals surface area contributed by atoms with E-state index in [1.807, 2.05) is 17.5 Å². The van der Waals surface area contributed by atoms with E-state index in [1.54, 1.807) is 7.11 Å². The molecule has 1 N–H and O–H groups in total. The Bertz CT molecular complexity index is 490. The summed E-state index contributed by atoms with van der Waals surface area (Å²) >= 11 is 1.84. The molecule has 2 aliphatic rings. The van der Waals surface area contributed by atoms with Gasteiger partial charge in [0, 0.05) is 56.4 Å². The number of aromatic nitrogens is 1. The number of anilines is 1. The van der Waals surface area contributed by atoms with Crippen LogP contribution in [0.2, 0.25) is 0 Å². The van der Waals surface area contributed by atoms with Crippen molar-refractivity contribution >= 4 is 16.5 Å². The zero-order valence-corrected chi connectivity index (χ0v) is 15.0. The summed E-state index contributed by atoms with van der Waals surface area (Å²) in [5.41, 5.74) is 0.0106. The fourth-order valence-corrected chi connectivity index (χ4v) is 4.83. The Kier molecular flexibility index (Phi) is 5.91. The van der Waals surface area contributed by atoms with Gasteiger partial charge in [0.2, 0.25) is 0 Å². The van der Waals surface area contributed by atoms with Crippen LogP contribution in [0.1, 0.15) is 37.0 Å². The molecule has 1 atom stereocenters. The van der Waals surface area contributed by atoms with E-state index in [9.17, 15) is 5.11 Å². The van der Waals surface area contributed by atoms with Crippen LogP contribution in [0.4, 0.5) is 5.13 Å². The second kappa shape index (κ2) is 7.92. The molecule has 2 saturated heterocycles. The van der Waals surface area contributed by atoms with Gasteiger partial charge in [-0.2, -0.15) is 0 Å². The van der Waals surface area contributed by atoms with Crippen LogP contribution in [0.15, 0.2) is 6.20 Å². The molecular formula is C17H29N3O2S. The molecule has 1 aromatic heterocycles. The Morgan fingerprint density at radius 1 is 1.30 bits per heavy atom. The zero-order chi connectivity index (χ0) is 16.1. The fourth-order valence-electron chi connectivity index (χ4n) is 3.82. The van der Waals surface area contributed by atoms with E-state index < -0.39 is 0 Å². The summed E-state index contributed by atoms with van der Waals surface area (Å²) in [5, 5.41) is 11.1. The van der Waals surface area contributed by atoms with Crippen molar-refractivity contribution in [2.24, 2.45) is 5.41 Å². The van der Waals surface area contributed by atoms with Crippen molar-refractivity contribution in [1.29, 1.82) is 0 Å². The number of rotatable bonds is 7. The van der Waals surface area contributed by atoms with Crippen LogP contribution >= 0.6 is 11.3 Å². The highest BCUT2D eigenvalue weighted by Crippen LogP contribution is 2.34. The number of ether oxygens (including phenoxy) is 1. The van der Waals surface area contributed by atoms with Crippen molar-refractivity contribution in [2.45, 2.75) is 38.6 Å². The van der Waals surface area contributed by atoms with Crippen molar-refractivity contribution in [3.05, 3.63) is 11.1 Å². The molecule has 5 nitrogen and oxygen atoms in total. The normalized spacial score (nSPS) is 26.1. The van der Waals surface area contributed by atoms with Gasteiger partial charge >= 0.3 is 0 Å².